The lowest BCUT2D eigenvalue weighted by Crippen LogP contribution is -2.26. The molecule has 0 heterocycles. The quantitative estimate of drug-likeness (QED) is 0.212. The Kier molecular flexibility index (Phi) is 12.0. The van der Waals surface area contributed by atoms with Crippen LogP contribution in [0.1, 0.15) is 40.0 Å². The zero-order valence-corrected chi connectivity index (χ0v) is 13.9. The highest BCUT2D eigenvalue weighted by atomic mass is 16.6. The van der Waals surface area contributed by atoms with E-state index in [1.54, 1.807) is 13.8 Å². The highest BCUT2D eigenvalue weighted by Gasteiger charge is 2.26. The molecule has 6 heteroatoms. The molecule has 0 aromatic carbocycles. The van der Waals surface area contributed by atoms with Gasteiger partial charge in [0.1, 0.15) is 0 Å². The minimum Gasteiger partial charge on any atom is -0.466 e. The van der Waals surface area contributed by atoms with Gasteiger partial charge in [-0.15, -0.1) is 0 Å². The lowest BCUT2D eigenvalue weighted by atomic mass is 10.1. The number of hydrogen-bond acceptors (Lipinski definition) is 6. The number of carbonyl (C=O) groups is 3. The van der Waals surface area contributed by atoms with Crippen LogP contribution in [0.25, 0.3) is 0 Å². The van der Waals surface area contributed by atoms with Crippen LogP contribution in [0.5, 0.6) is 0 Å². The van der Waals surface area contributed by atoms with E-state index in [-0.39, 0.29) is 19.2 Å². The molecule has 0 aromatic rings. The SMILES string of the molecule is CCOC(=O)C(/C=C/C#CCCCCOC(C)=O)C(=O)OCC. The molecule has 0 radical (unpaired) electrons. The summed E-state index contributed by atoms with van der Waals surface area (Å²) in [6, 6.07) is 0. The monoisotopic (exact) mass is 324 g/mol. The van der Waals surface area contributed by atoms with Crippen LogP contribution in [0.4, 0.5) is 0 Å². The van der Waals surface area contributed by atoms with Crippen LogP contribution >= 0.6 is 0 Å². The minimum atomic E-state index is -1.09. The normalized spacial score (nSPS) is 10.1. The van der Waals surface area contributed by atoms with Crippen LogP contribution < -0.4 is 0 Å². The van der Waals surface area contributed by atoms with Gasteiger partial charge in [0, 0.05) is 13.3 Å². The molecule has 0 spiro atoms. The minimum absolute atomic E-state index is 0.191. The largest absolute Gasteiger partial charge is 0.466 e. The molecule has 0 amide bonds. The lowest BCUT2D eigenvalue weighted by Gasteiger charge is -2.09. The van der Waals surface area contributed by atoms with Crippen molar-refractivity contribution in [2.24, 2.45) is 5.92 Å². The van der Waals surface area contributed by atoms with Crippen molar-refractivity contribution < 1.29 is 28.6 Å². The Bertz CT molecular complexity index is 451. The maximum Gasteiger partial charge on any atom is 0.324 e. The number of carbonyl (C=O) groups excluding carboxylic acids is 3. The Morgan fingerprint density at radius 2 is 1.61 bits per heavy atom. The Morgan fingerprint density at radius 3 is 2.13 bits per heavy atom. The molecule has 0 aliphatic carbocycles. The molecular weight excluding hydrogens is 300 g/mol. The predicted octanol–water partition coefficient (Wildman–Crippen LogP) is 2.02. The van der Waals surface area contributed by atoms with Gasteiger partial charge in [-0.2, -0.15) is 0 Å². The van der Waals surface area contributed by atoms with E-state index in [1.165, 1.54) is 19.1 Å². The first-order valence-corrected chi connectivity index (χ1v) is 7.64. The number of rotatable bonds is 9. The summed E-state index contributed by atoms with van der Waals surface area (Å²) >= 11 is 0. The van der Waals surface area contributed by atoms with E-state index in [0.29, 0.717) is 13.0 Å². The van der Waals surface area contributed by atoms with Crippen molar-refractivity contribution in [2.75, 3.05) is 19.8 Å². The van der Waals surface area contributed by atoms with Crippen molar-refractivity contribution >= 4 is 17.9 Å². The van der Waals surface area contributed by atoms with Crippen molar-refractivity contribution in [1.82, 2.24) is 0 Å². The molecule has 6 nitrogen and oxygen atoms in total. The summed E-state index contributed by atoms with van der Waals surface area (Å²) in [6.07, 6.45) is 5.00. The standard InChI is InChI=1S/C17H24O6/c1-4-21-16(19)15(17(20)22-5-2)12-10-8-6-7-9-11-13-23-14(3)18/h10,12,15H,4-5,7,9,11,13H2,1-3H3/b12-10+. The Labute approximate surface area is 137 Å². The molecule has 0 N–H and O–H groups in total. The summed E-state index contributed by atoms with van der Waals surface area (Å²) in [4.78, 5) is 33.9. The summed E-state index contributed by atoms with van der Waals surface area (Å²) in [7, 11) is 0. The highest BCUT2D eigenvalue weighted by molar-refractivity contribution is 5.97. The number of allylic oxidation sites excluding steroid dienone is 1. The van der Waals surface area contributed by atoms with Gasteiger partial charge in [-0.25, -0.2) is 0 Å². The van der Waals surface area contributed by atoms with Crippen LogP contribution in [-0.2, 0) is 28.6 Å². The molecule has 0 aromatic heterocycles. The molecule has 0 saturated carbocycles. The van der Waals surface area contributed by atoms with Gasteiger partial charge in [0.05, 0.1) is 19.8 Å². The molecule has 0 rings (SSSR count). The number of hydrogen-bond donors (Lipinski definition) is 0. The topological polar surface area (TPSA) is 78.9 Å². The predicted molar refractivity (Wildman–Crippen MR) is 84.2 cm³/mol. The van der Waals surface area contributed by atoms with E-state index >= 15 is 0 Å². The fraction of sp³-hybridized carbons (Fsp3) is 0.588. The van der Waals surface area contributed by atoms with Crippen molar-refractivity contribution in [2.45, 2.75) is 40.0 Å². The van der Waals surface area contributed by atoms with E-state index in [2.05, 4.69) is 11.8 Å². The van der Waals surface area contributed by atoms with Crippen LogP contribution in [-0.4, -0.2) is 37.7 Å². The fourth-order valence-electron chi connectivity index (χ4n) is 1.52. The third kappa shape index (κ3) is 11.0. The summed E-state index contributed by atoms with van der Waals surface area (Å²) in [5.41, 5.74) is 0. The zero-order chi connectivity index (χ0) is 17.5. The molecule has 23 heavy (non-hydrogen) atoms. The zero-order valence-electron chi connectivity index (χ0n) is 13.9. The van der Waals surface area contributed by atoms with Crippen molar-refractivity contribution in [1.29, 1.82) is 0 Å². The van der Waals surface area contributed by atoms with E-state index < -0.39 is 17.9 Å². The Hall–Kier alpha value is -2.29. The van der Waals surface area contributed by atoms with Crippen molar-refractivity contribution in [3.05, 3.63) is 12.2 Å². The first-order valence-electron chi connectivity index (χ1n) is 7.64. The number of esters is 3. The summed E-state index contributed by atoms with van der Waals surface area (Å²) in [5.74, 6) is 2.97. The first-order chi connectivity index (χ1) is 11.0. The summed E-state index contributed by atoms with van der Waals surface area (Å²) < 4.78 is 14.5. The second kappa shape index (κ2) is 13.4. The second-order valence-electron chi connectivity index (χ2n) is 4.46. The molecule has 0 saturated heterocycles. The van der Waals surface area contributed by atoms with Gasteiger partial charge in [0.2, 0.25) is 0 Å². The van der Waals surface area contributed by atoms with Gasteiger partial charge in [-0.1, -0.05) is 17.9 Å². The maximum absolute atomic E-state index is 11.7. The van der Waals surface area contributed by atoms with Gasteiger partial charge in [-0.3, -0.25) is 14.4 Å². The lowest BCUT2D eigenvalue weighted by molar-refractivity contribution is -0.159. The van der Waals surface area contributed by atoms with Crippen LogP contribution in [0.2, 0.25) is 0 Å². The van der Waals surface area contributed by atoms with Crippen LogP contribution in [0.15, 0.2) is 12.2 Å². The van der Waals surface area contributed by atoms with Crippen molar-refractivity contribution in [3.63, 3.8) is 0 Å². The third-order valence-electron chi connectivity index (χ3n) is 2.56. The van der Waals surface area contributed by atoms with E-state index in [0.717, 1.165) is 12.8 Å². The van der Waals surface area contributed by atoms with Gasteiger partial charge in [-0.05, 0) is 32.8 Å². The molecule has 0 atom stereocenters. The van der Waals surface area contributed by atoms with Crippen LogP contribution in [0.3, 0.4) is 0 Å². The molecular formula is C17H24O6. The van der Waals surface area contributed by atoms with E-state index in [9.17, 15) is 14.4 Å². The van der Waals surface area contributed by atoms with E-state index in [4.69, 9.17) is 14.2 Å². The maximum atomic E-state index is 11.7. The third-order valence-corrected chi connectivity index (χ3v) is 2.56. The average molecular weight is 324 g/mol. The van der Waals surface area contributed by atoms with Gasteiger partial charge >= 0.3 is 17.9 Å². The molecule has 0 fully saturated rings. The van der Waals surface area contributed by atoms with Crippen molar-refractivity contribution in [3.8, 4) is 11.8 Å². The smallest absolute Gasteiger partial charge is 0.324 e. The summed E-state index contributed by atoms with van der Waals surface area (Å²) in [5, 5.41) is 0. The average Bonchev–Trinajstić information content (AvgIpc) is 2.49. The number of unbranched alkanes of at least 4 members (excludes halogenated alkanes) is 2. The van der Waals surface area contributed by atoms with E-state index in [1.807, 2.05) is 0 Å². The molecule has 0 bridgehead atoms. The Morgan fingerprint density at radius 1 is 1.00 bits per heavy atom. The molecule has 0 unspecified atom stereocenters. The van der Waals surface area contributed by atoms with Crippen LogP contribution in [0, 0.1) is 17.8 Å². The second-order valence-corrected chi connectivity index (χ2v) is 4.46. The Balaban J connectivity index is 4.29. The first kappa shape index (κ1) is 20.7. The van der Waals surface area contributed by atoms with Gasteiger partial charge in [0.15, 0.2) is 5.92 Å². The van der Waals surface area contributed by atoms with Gasteiger partial charge < -0.3 is 14.2 Å². The molecule has 0 aliphatic heterocycles. The number of ether oxygens (including phenoxy) is 3. The fourth-order valence-corrected chi connectivity index (χ4v) is 1.52. The molecule has 128 valence electrons. The molecule has 0 aliphatic rings. The highest BCUT2D eigenvalue weighted by Crippen LogP contribution is 2.06. The van der Waals surface area contributed by atoms with Gasteiger partial charge in [0.25, 0.3) is 0 Å². The summed E-state index contributed by atoms with van der Waals surface area (Å²) in [6.45, 7) is 5.47.